The first-order valence-electron chi connectivity index (χ1n) is 8.43. The fourth-order valence-electron chi connectivity index (χ4n) is 3.32. The van der Waals surface area contributed by atoms with Crippen molar-refractivity contribution in [2.45, 2.75) is 19.8 Å². The molecule has 1 amide bonds. The van der Waals surface area contributed by atoms with Gasteiger partial charge >= 0.3 is 0 Å². The van der Waals surface area contributed by atoms with Crippen molar-refractivity contribution in [2.24, 2.45) is 0 Å². The smallest absolute Gasteiger partial charge is 0.259 e. The predicted octanol–water partition coefficient (Wildman–Crippen LogP) is 3.35. The van der Waals surface area contributed by atoms with E-state index in [2.05, 4.69) is 5.10 Å². The number of aryl methyl sites for hydroxylation is 1. The third kappa shape index (κ3) is 2.73. The van der Waals surface area contributed by atoms with Crippen LogP contribution in [0.1, 0.15) is 28.9 Å². The molecule has 1 aromatic carbocycles. The number of halogens is 1. The van der Waals surface area contributed by atoms with Crippen molar-refractivity contribution in [1.29, 1.82) is 0 Å². The highest BCUT2D eigenvalue weighted by Gasteiger charge is 2.28. The molecule has 3 heterocycles. The zero-order valence-electron chi connectivity index (χ0n) is 14.0. The van der Waals surface area contributed by atoms with Gasteiger partial charge in [-0.1, -0.05) is 0 Å². The molecule has 0 atom stereocenters. The number of nitrogens with zero attached hydrogens (tertiary/aromatic N) is 4. The van der Waals surface area contributed by atoms with Gasteiger partial charge in [0.2, 0.25) is 0 Å². The molecule has 25 heavy (non-hydrogen) atoms. The Balaban J connectivity index is 1.89. The minimum Gasteiger partial charge on any atom is -0.338 e. The first-order chi connectivity index (χ1) is 12.1. The van der Waals surface area contributed by atoms with Gasteiger partial charge in [-0.3, -0.25) is 4.79 Å². The largest absolute Gasteiger partial charge is 0.338 e. The Morgan fingerprint density at radius 1 is 1.08 bits per heavy atom. The van der Waals surface area contributed by atoms with Crippen LogP contribution >= 0.6 is 0 Å². The molecule has 1 saturated heterocycles. The summed E-state index contributed by atoms with van der Waals surface area (Å²) in [4.78, 5) is 15.0. The fourth-order valence-corrected chi connectivity index (χ4v) is 3.32. The van der Waals surface area contributed by atoms with Gasteiger partial charge < -0.3 is 9.47 Å². The lowest BCUT2D eigenvalue weighted by Gasteiger charge is -2.17. The van der Waals surface area contributed by atoms with Crippen molar-refractivity contribution in [3.63, 3.8) is 0 Å². The Morgan fingerprint density at radius 3 is 2.36 bits per heavy atom. The lowest BCUT2D eigenvalue weighted by Crippen LogP contribution is -2.29. The molecule has 0 unspecified atom stereocenters. The normalized spacial score (nSPS) is 14.2. The fraction of sp³-hybridized carbons (Fsp3) is 0.263. The molecule has 0 saturated carbocycles. The SMILES string of the molecule is Cc1nn(-c2ccc(F)cc2)c(-n2cccc2)c1C(=O)N1CCCC1. The Morgan fingerprint density at radius 2 is 1.72 bits per heavy atom. The van der Waals surface area contributed by atoms with Gasteiger partial charge in [0.1, 0.15) is 11.4 Å². The van der Waals surface area contributed by atoms with Crippen molar-refractivity contribution >= 4 is 5.91 Å². The summed E-state index contributed by atoms with van der Waals surface area (Å²) < 4.78 is 16.9. The van der Waals surface area contributed by atoms with E-state index in [9.17, 15) is 9.18 Å². The standard InChI is InChI=1S/C19H19FN4O/c1-14-17(19(25)23-12-4-5-13-23)18(22-10-2-3-11-22)24(21-14)16-8-6-15(20)7-9-16/h2-3,6-11H,4-5,12-13H2,1H3. The second kappa shape index (κ2) is 6.20. The molecule has 1 aliphatic heterocycles. The number of carbonyl (C=O) groups excluding carboxylic acids is 1. The zero-order valence-corrected chi connectivity index (χ0v) is 14.0. The first kappa shape index (κ1) is 15.6. The summed E-state index contributed by atoms with van der Waals surface area (Å²) in [5.74, 6) is 0.390. The molecule has 0 spiro atoms. The molecule has 0 bridgehead atoms. The Hall–Kier alpha value is -2.89. The molecule has 1 aliphatic rings. The van der Waals surface area contributed by atoms with Gasteiger partial charge in [0.25, 0.3) is 5.91 Å². The number of benzene rings is 1. The van der Waals surface area contributed by atoms with Crippen molar-refractivity contribution in [1.82, 2.24) is 19.2 Å². The van der Waals surface area contributed by atoms with Crippen LogP contribution in [0.15, 0.2) is 48.8 Å². The molecule has 5 nitrogen and oxygen atoms in total. The van der Waals surface area contributed by atoms with E-state index in [1.807, 2.05) is 40.9 Å². The maximum Gasteiger partial charge on any atom is 0.259 e. The van der Waals surface area contributed by atoms with Gasteiger partial charge in [0, 0.05) is 25.5 Å². The average Bonchev–Trinajstić information content (AvgIpc) is 3.35. The minimum absolute atomic E-state index is 0.00654. The summed E-state index contributed by atoms with van der Waals surface area (Å²) in [5, 5.41) is 4.58. The van der Waals surface area contributed by atoms with Crippen LogP contribution in [0, 0.1) is 12.7 Å². The highest BCUT2D eigenvalue weighted by atomic mass is 19.1. The zero-order chi connectivity index (χ0) is 17.4. The molecule has 0 radical (unpaired) electrons. The molecule has 6 heteroatoms. The van der Waals surface area contributed by atoms with Crippen molar-refractivity contribution in [3.05, 3.63) is 65.9 Å². The van der Waals surface area contributed by atoms with Gasteiger partial charge in [0.05, 0.1) is 11.4 Å². The van der Waals surface area contributed by atoms with Crippen LogP contribution in [0.3, 0.4) is 0 Å². The summed E-state index contributed by atoms with van der Waals surface area (Å²) in [6.45, 7) is 3.41. The Bertz CT molecular complexity index is 890. The summed E-state index contributed by atoms with van der Waals surface area (Å²) >= 11 is 0. The van der Waals surface area contributed by atoms with Crippen LogP contribution in [-0.2, 0) is 0 Å². The molecule has 4 rings (SSSR count). The lowest BCUT2D eigenvalue weighted by atomic mass is 10.2. The van der Waals surface area contributed by atoms with E-state index in [-0.39, 0.29) is 11.7 Å². The van der Waals surface area contributed by atoms with Crippen molar-refractivity contribution < 1.29 is 9.18 Å². The number of rotatable bonds is 3. The second-order valence-electron chi connectivity index (χ2n) is 6.26. The second-order valence-corrected chi connectivity index (χ2v) is 6.26. The molecule has 128 valence electrons. The third-order valence-corrected chi connectivity index (χ3v) is 4.56. The molecule has 0 N–H and O–H groups in total. The highest BCUT2D eigenvalue weighted by molar-refractivity contribution is 5.98. The van der Waals surface area contributed by atoms with Crippen LogP contribution in [-0.4, -0.2) is 38.2 Å². The number of hydrogen-bond donors (Lipinski definition) is 0. The summed E-state index contributed by atoms with van der Waals surface area (Å²) in [7, 11) is 0. The van der Waals surface area contributed by atoms with Crippen molar-refractivity contribution in [3.8, 4) is 11.5 Å². The van der Waals surface area contributed by atoms with Crippen molar-refractivity contribution in [2.75, 3.05) is 13.1 Å². The van der Waals surface area contributed by atoms with Crippen LogP contribution in [0.4, 0.5) is 4.39 Å². The van der Waals surface area contributed by atoms with Crippen LogP contribution in [0.25, 0.3) is 11.5 Å². The predicted molar refractivity (Wildman–Crippen MR) is 92.7 cm³/mol. The molecule has 2 aromatic heterocycles. The van der Waals surface area contributed by atoms with E-state index in [1.54, 1.807) is 16.8 Å². The maximum atomic E-state index is 13.3. The van der Waals surface area contributed by atoms with Crippen LogP contribution in [0.2, 0.25) is 0 Å². The van der Waals surface area contributed by atoms with Gasteiger partial charge in [-0.15, -0.1) is 0 Å². The van der Waals surface area contributed by atoms with E-state index < -0.39 is 0 Å². The van der Waals surface area contributed by atoms with Gasteiger partial charge in [0.15, 0.2) is 5.82 Å². The summed E-state index contributed by atoms with van der Waals surface area (Å²) in [6.07, 6.45) is 5.85. The van der Waals surface area contributed by atoms with Gasteiger partial charge in [-0.2, -0.15) is 5.10 Å². The quantitative estimate of drug-likeness (QED) is 0.735. The van der Waals surface area contributed by atoms with E-state index in [0.717, 1.165) is 25.9 Å². The topological polar surface area (TPSA) is 43.1 Å². The molecule has 3 aromatic rings. The highest BCUT2D eigenvalue weighted by Crippen LogP contribution is 2.25. The van der Waals surface area contributed by atoms with Crippen LogP contribution in [0.5, 0.6) is 0 Å². The molecular weight excluding hydrogens is 319 g/mol. The summed E-state index contributed by atoms with van der Waals surface area (Å²) in [5.41, 5.74) is 1.99. The Kier molecular flexibility index (Phi) is 3.87. The average molecular weight is 338 g/mol. The first-order valence-corrected chi connectivity index (χ1v) is 8.43. The number of aromatic nitrogens is 3. The summed E-state index contributed by atoms with van der Waals surface area (Å²) in [6, 6.07) is 9.93. The third-order valence-electron chi connectivity index (χ3n) is 4.56. The minimum atomic E-state index is -0.302. The lowest BCUT2D eigenvalue weighted by molar-refractivity contribution is 0.0792. The van der Waals surface area contributed by atoms with E-state index in [4.69, 9.17) is 0 Å². The number of carbonyl (C=O) groups is 1. The number of likely N-dealkylation sites (tertiary alicyclic amines) is 1. The van der Waals surface area contributed by atoms with Crippen LogP contribution < -0.4 is 0 Å². The van der Waals surface area contributed by atoms with E-state index in [1.165, 1.54) is 12.1 Å². The molecule has 1 fully saturated rings. The maximum absolute atomic E-state index is 13.3. The van der Waals surface area contributed by atoms with Gasteiger partial charge in [-0.05, 0) is 56.2 Å². The van der Waals surface area contributed by atoms with E-state index in [0.29, 0.717) is 22.8 Å². The number of amides is 1. The Labute approximate surface area is 145 Å². The van der Waals surface area contributed by atoms with E-state index >= 15 is 0 Å². The molecule has 0 aliphatic carbocycles. The number of hydrogen-bond acceptors (Lipinski definition) is 2. The monoisotopic (exact) mass is 338 g/mol. The van der Waals surface area contributed by atoms with Gasteiger partial charge in [-0.25, -0.2) is 9.07 Å². The molecular formula is C19H19FN4O.